The molecule has 2 aromatic rings. The van der Waals surface area contributed by atoms with Gasteiger partial charge in [-0.1, -0.05) is 49.1 Å². The highest BCUT2D eigenvalue weighted by Gasteiger charge is 2.07. The number of ether oxygens (including phenoxy) is 1. The number of aryl methyl sites for hydroxylation is 1. The number of benzene rings is 2. The predicted molar refractivity (Wildman–Crippen MR) is 88.6 cm³/mol. The van der Waals surface area contributed by atoms with Crippen LogP contribution >= 0.6 is 0 Å². The molecule has 0 aliphatic rings. The molecule has 110 valence electrons. The van der Waals surface area contributed by atoms with Gasteiger partial charge in [0.05, 0.1) is 0 Å². The van der Waals surface area contributed by atoms with Gasteiger partial charge >= 0.3 is 0 Å². The van der Waals surface area contributed by atoms with Gasteiger partial charge in [-0.2, -0.15) is 0 Å². The van der Waals surface area contributed by atoms with Crippen LogP contribution < -0.4 is 10.1 Å². The molecule has 2 aromatic carbocycles. The van der Waals surface area contributed by atoms with E-state index < -0.39 is 0 Å². The fraction of sp³-hybridized carbons (Fsp3) is 0.263. The van der Waals surface area contributed by atoms with Crippen molar-refractivity contribution in [3.8, 4) is 5.75 Å². The molecule has 0 aromatic heterocycles. The Labute approximate surface area is 127 Å². The third-order valence-electron chi connectivity index (χ3n) is 3.56. The Bertz CT molecular complexity index is 574. The maximum atomic E-state index is 5.48. The second-order valence-corrected chi connectivity index (χ2v) is 5.20. The van der Waals surface area contributed by atoms with Crippen LogP contribution in [0, 0.1) is 6.92 Å². The van der Waals surface area contributed by atoms with Gasteiger partial charge in [-0.05, 0) is 42.7 Å². The SMILES string of the molecule is C=CCOc1ccc(CN[C@@H](C)c2ccccc2C)cc1. The molecule has 0 spiro atoms. The summed E-state index contributed by atoms with van der Waals surface area (Å²) in [4.78, 5) is 0. The van der Waals surface area contributed by atoms with Gasteiger partial charge in [0.15, 0.2) is 0 Å². The highest BCUT2D eigenvalue weighted by Crippen LogP contribution is 2.18. The lowest BCUT2D eigenvalue weighted by molar-refractivity contribution is 0.363. The molecule has 0 unspecified atom stereocenters. The van der Waals surface area contributed by atoms with Crippen molar-refractivity contribution in [1.82, 2.24) is 5.32 Å². The van der Waals surface area contributed by atoms with Crippen molar-refractivity contribution in [1.29, 1.82) is 0 Å². The minimum atomic E-state index is 0.336. The maximum absolute atomic E-state index is 5.48. The van der Waals surface area contributed by atoms with Crippen LogP contribution in [-0.2, 0) is 6.54 Å². The van der Waals surface area contributed by atoms with E-state index in [9.17, 15) is 0 Å². The van der Waals surface area contributed by atoms with Crippen LogP contribution in [0.1, 0.15) is 29.7 Å². The van der Waals surface area contributed by atoms with Crippen molar-refractivity contribution in [2.45, 2.75) is 26.4 Å². The molecule has 1 atom stereocenters. The summed E-state index contributed by atoms with van der Waals surface area (Å²) < 4.78 is 5.48. The summed E-state index contributed by atoms with van der Waals surface area (Å²) in [6.07, 6.45) is 1.75. The van der Waals surface area contributed by atoms with Crippen LogP contribution in [-0.4, -0.2) is 6.61 Å². The van der Waals surface area contributed by atoms with Crippen molar-refractivity contribution >= 4 is 0 Å². The van der Waals surface area contributed by atoms with E-state index in [0.29, 0.717) is 12.6 Å². The van der Waals surface area contributed by atoms with E-state index in [-0.39, 0.29) is 0 Å². The Hall–Kier alpha value is -2.06. The summed E-state index contributed by atoms with van der Waals surface area (Å²) in [5, 5.41) is 3.56. The first-order valence-corrected chi connectivity index (χ1v) is 7.32. The van der Waals surface area contributed by atoms with Crippen molar-refractivity contribution in [2.24, 2.45) is 0 Å². The first-order valence-electron chi connectivity index (χ1n) is 7.32. The molecule has 0 bridgehead atoms. The zero-order chi connectivity index (χ0) is 15.1. The topological polar surface area (TPSA) is 21.3 Å². The van der Waals surface area contributed by atoms with Crippen molar-refractivity contribution in [3.63, 3.8) is 0 Å². The van der Waals surface area contributed by atoms with Gasteiger partial charge in [-0.25, -0.2) is 0 Å². The van der Waals surface area contributed by atoms with E-state index in [4.69, 9.17) is 4.74 Å². The molecule has 21 heavy (non-hydrogen) atoms. The molecular weight excluding hydrogens is 258 g/mol. The van der Waals surface area contributed by atoms with Crippen LogP contribution in [0.3, 0.4) is 0 Å². The van der Waals surface area contributed by atoms with Crippen molar-refractivity contribution in [3.05, 3.63) is 77.9 Å². The van der Waals surface area contributed by atoms with Crippen LogP contribution in [0.2, 0.25) is 0 Å². The van der Waals surface area contributed by atoms with Gasteiger partial charge in [0.1, 0.15) is 12.4 Å². The Balaban J connectivity index is 1.90. The molecule has 2 heteroatoms. The zero-order valence-electron chi connectivity index (χ0n) is 12.8. The van der Waals surface area contributed by atoms with Crippen molar-refractivity contribution < 1.29 is 4.74 Å². The molecule has 2 rings (SSSR count). The van der Waals surface area contributed by atoms with Crippen LogP contribution in [0.15, 0.2) is 61.2 Å². The highest BCUT2D eigenvalue weighted by molar-refractivity contribution is 5.29. The number of hydrogen-bond acceptors (Lipinski definition) is 2. The number of nitrogens with one attached hydrogen (secondary N) is 1. The van der Waals surface area contributed by atoms with Crippen LogP contribution in [0.5, 0.6) is 5.75 Å². The van der Waals surface area contributed by atoms with E-state index >= 15 is 0 Å². The molecule has 1 N–H and O–H groups in total. The molecule has 0 saturated heterocycles. The maximum Gasteiger partial charge on any atom is 0.119 e. The lowest BCUT2D eigenvalue weighted by atomic mass is 10.0. The standard InChI is InChI=1S/C19H23NO/c1-4-13-21-18-11-9-17(10-12-18)14-20-16(3)19-8-6-5-7-15(19)2/h4-12,16,20H,1,13-14H2,2-3H3/t16-/m0/s1. The van der Waals surface area contributed by atoms with Crippen LogP contribution in [0.4, 0.5) is 0 Å². The Morgan fingerprint density at radius 3 is 2.52 bits per heavy atom. The minimum absolute atomic E-state index is 0.336. The average molecular weight is 281 g/mol. The van der Waals surface area contributed by atoms with Crippen LogP contribution in [0.25, 0.3) is 0 Å². The molecule has 0 heterocycles. The monoisotopic (exact) mass is 281 g/mol. The number of rotatable bonds is 7. The second-order valence-electron chi connectivity index (χ2n) is 5.20. The smallest absolute Gasteiger partial charge is 0.119 e. The summed E-state index contributed by atoms with van der Waals surface area (Å²) in [5.41, 5.74) is 3.93. The quantitative estimate of drug-likeness (QED) is 0.759. The van der Waals surface area contributed by atoms with Gasteiger partial charge in [-0.3, -0.25) is 0 Å². The average Bonchev–Trinajstić information content (AvgIpc) is 2.52. The lowest BCUT2D eigenvalue weighted by Gasteiger charge is -2.16. The molecular formula is C19H23NO. The van der Waals surface area contributed by atoms with Crippen molar-refractivity contribution in [2.75, 3.05) is 6.61 Å². The van der Waals surface area contributed by atoms with Gasteiger partial charge < -0.3 is 10.1 Å². The molecule has 2 nitrogen and oxygen atoms in total. The van der Waals surface area contributed by atoms with E-state index in [2.05, 4.69) is 62.1 Å². The Morgan fingerprint density at radius 2 is 1.86 bits per heavy atom. The van der Waals surface area contributed by atoms with Gasteiger partial charge in [-0.15, -0.1) is 0 Å². The van der Waals surface area contributed by atoms with E-state index in [1.165, 1.54) is 16.7 Å². The second kappa shape index (κ2) is 7.65. The first-order chi connectivity index (χ1) is 10.2. The molecule has 0 radical (unpaired) electrons. The Morgan fingerprint density at radius 1 is 1.14 bits per heavy atom. The lowest BCUT2D eigenvalue weighted by Crippen LogP contribution is -2.18. The molecule has 0 fully saturated rings. The Kier molecular flexibility index (Phi) is 5.59. The van der Waals surface area contributed by atoms with E-state index in [0.717, 1.165) is 12.3 Å². The predicted octanol–water partition coefficient (Wildman–Crippen LogP) is 4.41. The number of hydrogen-bond donors (Lipinski definition) is 1. The molecule has 0 saturated carbocycles. The minimum Gasteiger partial charge on any atom is -0.490 e. The zero-order valence-corrected chi connectivity index (χ0v) is 12.8. The molecule has 0 aliphatic carbocycles. The largest absolute Gasteiger partial charge is 0.490 e. The summed E-state index contributed by atoms with van der Waals surface area (Å²) in [6, 6.07) is 17.0. The highest BCUT2D eigenvalue weighted by atomic mass is 16.5. The normalized spacial score (nSPS) is 11.9. The first kappa shape index (κ1) is 15.3. The van der Waals surface area contributed by atoms with Gasteiger partial charge in [0.25, 0.3) is 0 Å². The fourth-order valence-electron chi connectivity index (χ4n) is 2.31. The summed E-state index contributed by atoms with van der Waals surface area (Å²) in [5.74, 6) is 0.880. The summed E-state index contributed by atoms with van der Waals surface area (Å²) in [7, 11) is 0. The third kappa shape index (κ3) is 4.47. The molecule has 0 amide bonds. The molecule has 0 aliphatic heterocycles. The van der Waals surface area contributed by atoms with Gasteiger partial charge in [0.2, 0.25) is 0 Å². The van der Waals surface area contributed by atoms with E-state index in [1.807, 2.05) is 12.1 Å². The third-order valence-corrected chi connectivity index (χ3v) is 3.56. The van der Waals surface area contributed by atoms with E-state index in [1.54, 1.807) is 6.08 Å². The summed E-state index contributed by atoms with van der Waals surface area (Å²) in [6.45, 7) is 9.38. The summed E-state index contributed by atoms with van der Waals surface area (Å²) >= 11 is 0. The van der Waals surface area contributed by atoms with Gasteiger partial charge in [0, 0.05) is 12.6 Å². The fourth-order valence-corrected chi connectivity index (χ4v) is 2.31.